The van der Waals surface area contributed by atoms with E-state index in [9.17, 15) is 9.59 Å². The number of methoxy groups -OCH3 is 1. The Kier molecular flexibility index (Phi) is 5.71. The van der Waals surface area contributed by atoms with Gasteiger partial charge >= 0.3 is 5.97 Å². The minimum Gasteiger partial charge on any atom is -0.465 e. The van der Waals surface area contributed by atoms with Crippen molar-refractivity contribution in [1.29, 1.82) is 0 Å². The fraction of sp³-hybridized carbons (Fsp3) is 0.571. The smallest absolute Gasteiger partial charge is 0.340 e. The van der Waals surface area contributed by atoms with Crippen molar-refractivity contribution >= 4 is 28.2 Å². The molecule has 0 saturated heterocycles. The molecule has 1 amide bonds. The van der Waals surface area contributed by atoms with E-state index in [4.69, 9.17) is 9.47 Å². The average molecular weight is 299 g/mol. The molecule has 1 N–H and O–H groups in total. The summed E-state index contributed by atoms with van der Waals surface area (Å²) >= 11 is 1.38. The van der Waals surface area contributed by atoms with Gasteiger partial charge in [0.2, 0.25) is 0 Å². The minimum atomic E-state index is -0.455. The highest BCUT2D eigenvalue weighted by Crippen LogP contribution is 2.36. The molecule has 0 aromatic carbocycles. The predicted molar refractivity (Wildman–Crippen MR) is 79.5 cm³/mol. The van der Waals surface area contributed by atoms with Crippen LogP contribution >= 0.6 is 11.3 Å². The number of rotatable bonds is 5. The van der Waals surface area contributed by atoms with Crippen molar-refractivity contribution in [3.8, 4) is 0 Å². The van der Waals surface area contributed by atoms with Crippen molar-refractivity contribution in [2.24, 2.45) is 0 Å². The second kappa shape index (κ2) is 6.85. The number of hydrogen-bond donors (Lipinski definition) is 1. The molecule has 112 valence electrons. The van der Waals surface area contributed by atoms with E-state index in [1.54, 1.807) is 6.07 Å². The molecule has 1 aromatic rings. The molecule has 0 aliphatic carbocycles. The van der Waals surface area contributed by atoms with Crippen LogP contribution in [-0.4, -0.2) is 32.2 Å². The Labute approximate surface area is 123 Å². The lowest BCUT2D eigenvalue weighted by atomic mass is 9.94. The van der Waals surface area contributed by atoms with Crippen LogP contribution in [-0.2, 0) is 19.7 Å². The lowest BCUT2D eigenvalue weighted by Crippen LogP contribution is -2.19. The van der Waals surface area contributed by atoms with Crippen molar-refractivity contribution in [3.63, 3.8) is 0 Å². The van der Waals surface area contributed by atoms with E-state index in [-0.39, 0.29) is 17.9 Å². The highest BCUT2D eigenvalue weighted by Gasteiger charge is 2.24. The highest BCUT2D eigenvalue weighted by atomic mass is 32.1. The largest absolute Gasteiger partial charge is 0.465 e. The van der Waals surface area contributed by atoms with Crippen LogP contribution in [0.5, 0.6) is 0 Å². The zero-order valence-corrected chi connectivity index (χ0v) is 13.3. The third-order valence-electron chi connectivity index (χ3n) is 2.57. The number of carbonyl (C=O) groups is 2. The van der Waals surface area contributed by atoms with Crippen LogP contribution in [0.15, 0.2) is 6.07 Å². The van der Waals surface area contributed by atoms with Crippen molar-refractivity contribution in [3.05, 3.63) is 16.5 Å². The molecule has 0 spiro atoms. The average Bonchev–Trinajstić information content (AvgIpc) is 2.79. The van der Waals surface area contributed by atoms with E-state index in [0.29, 0.717) is 17.2 Å². The number of hydrogen-bond acceptors (Lipinski definition) is 5. The molecule has 0 atom stereocenters. The molecule has 0 saturated carbocycles. The maximum atomic E-state index is 11.8. The van der Waals surface area contributed by atoms with Crippen LogP contribution < -0.4 is 5.32 Å². The van der Waals surface area contributed by atoms with Crippen LogP contribution in [0.1, 0.15) is 42.9 Å². The van der Waals surface area contributed by atoms with Crippen molar-refractivity contribution < 1.29 is 19.1 Å². The highest BCUT2D eigenvalue weighted by molar-refractivity contribution is 7.16. The van der Waals surface area contributed by atoms with Crippen LogP contribution in [0, 0.1) is 0 Å². The van der Waals surface area contributed by atoms with Crippen molar-refractivity contribution in [2.45, 2.75) is 33.1 Å². The molecule has 6 heteroatoms. The number of esters is 1. The summed E-state index contributed by atoms with van der Waals surface area (Å²) in [6.45, 7) is 8.40. The van der Waals surface area contributed by atoms with Gasteiger partial charge in [-0.15, -0.1) is 11.3 Å². The number of carbonyl (C=O) groups excluding carboxylic acids is 2. The molecule has 0 aliphatic rings. The minimum absolute atomic E-state index is 0.0279. The van der Waals surface area contributed by atoms with Crippen LogP contribution in [0.25, 0.3) is 0 Å². The molecule has 0 fully saturated rings. The monoisotopic (exact) mass is 299 g/mol. The van der Waals surface area contributed by atoms with Gasteiger partial charge in [-0.2, -0.15) is 0 Å². The summed E-state index contributed by atoms with van der Waals surface area (Å²) in [7, 11) is 1.32. The van der Waals surface area contributed by atoms with Gasteiger partial charge in [-0.25, -0.2) is 4.79 Å². The Morgan fingerprint density at radius 1 is 1.35 bits per heavy atom. The fourth-order valence-corrected chi connectivity index (χ4v) is 2.59. The summed E-state index contributed by atoms with van der Waals surface area (Å²) in [5, 5.41) is 3.21. The Hall–Kier alpha value is -1.40. The summed E-state index contributed by atoms with van der Waals surface area (Å²) in [5.41, 5.74) is 0.281. The third-order valence-corrected chi connectivity index (χ3v) is 4.04. The van der Waals surface area contributed by atoms with Crippen LogP contribution in [0.2, 0.25) is 0 Å². The van der Waals surface area contributed by atoms with Gasteiger partial charge in [0.25, 0.3) is 5.91 Å². The SMILES string of the molecule is CCOCC(=O)Nc1sc(C(C)(C)C)cc1C(=O)OC. The Bertz CT molecular complexity index is 488. The Morgan fingerprint density at radius 2 is 2.00 bits per heavy atom. The summed E-state index contributed by atoms with van der Waals surface area (Å²) in [5.74, 6) is -0.734. The van der Waals surface area contributed by atoms with Gasteiger partial charge in [-0.05, 0) is 18.4 Å². The first-order valence-electron chi connectivity index (χ1n) is 6.39. The van der Waals surface area contributed by atoms with Gasteiger partial charge in [-0.1, -0.05) is 20.8 Å². The van der Waals surface area contributed by atoms with Crippen molar-refractivity contribution in [2.75, 3.05) is 25.6 Å². The molecular formula is C14H21NO4S. The summed E-state index contributed by atoms with van der Waals surface area (Å²) in [6.07, 6.45) is 0. The lowest BCUT2D eigenvalue weighted by molar-refractivity contribution is -0.120. The molecule has 0 bridgehead atoms. The van der Waals surface area contributed by atoms with E-state index in [1.807, 2.05) is 27.7 Å². The van der Waals surface area contributed by atoms with Crippen molar-refractivity contribution in [1.82, 2.24) is 0 Å². The third kappa shape index (κ3) is 4.31. The molecule has 1 aromatic heterocycles. The first-order chi connectivity index (χ1) is 9.29. The molecule has 1 heterocycles. The number of amides is 1. The zero-order valence-electron chi connectivity index (χ0n) is 12.5. The second-order valence-electron chi connectivity index (χ2n) is 5.28. The molecule has 20 heavy (non-hydrogen) atoms. The number of thiophene rings is 1. The molecule has 5 nitrogen and oxygen atoms in total. The van der Waals surface area contributed by atoms with Gasteiger partial charge in [0, 0.05) is 11.5 Å². The molecule has 1 rings (SSSR count). The first-order valence-corrected chi connectivity index (χ1v) is 7.21. The molecular weight excluding hydrogens is 278 g/mol. The predicted octanol–water partition coefficient (Wildman–Crippen LogP) is 2.81. The first kappa shape index (κ1) is 16.7. The van der Waals surface area contributed by atoms with Gasteiger partial charge in [-0.3, -0.25) is 4.79 Å². The van der Waals surface area contributed by atoms with Gasteiger partial charge in [0.15, 0.2) is 0 Å². The number of ether oxygens (including phenoxy) is 2. The number of anilines is 1. The van der Waals surface area contributed by atoms with Crippen LogP contribution in [0.3, 0.4) is 0 Å². The maximum absolute atomic E-state index is 11.8. The summed E-state index contributed by atoms with van der Waals surface area (Å²) in [6, 6.07) is 1.77. The fourth-order valence-electron chi connectivity index (χ4n) is 1.47. The Balaban J connectivity index is 3.01. The van der Waals surface area contributed by atoms with E-state index in [1.165, 1.54) is 18.4 Å². The molecule has 0 aliphatic heterocycles. The Morgan fingerprint density at radius 3 is 2.50 bits per heavy atom. The zero-order chi connectivity index (χ0) is 15.3. The maximum Gasteiger partial charge on any atom is 0.340 e. The van der Waals surface area contributed by atoms with E-state index < -0.39 is 5.97 Å². The van der Waals surface area contributed by atoms with E-state index in [2.05, 4.69) is 5.32 Å². The molecule has 0 unspecified atom stereocenters. The van der Waals surface area contributed by atoms with Crippen LogP contribution in [0.4, 0.5) is 5.00 Å². The molecule has 0 radical (unpaired) electrons. The standard InChI is InChI=1S/C14H21NO4S/c1-6-19-8-11(16)15-12-9(13(17)18-5)7-10(20-12)14(2,3)4/h7H,6,8H2,1-5H3,(H,15,16). The topological polar surface area (TPSA) is 64.6 Å². The van der Waals surface area contributed by atoms with Gasteiger partial charge < -0.3 is 14.8 Å². The van der Waals surface area contributed by atoms with E-state index in [0.717, 1.165) is 4.88 Å². The van der Waals surface area contributed by atoms with Gasteiger partial charge in [0.1, 0.15) is 11.6 Å². The summed E-state index contributed by atoms with van der Waals surface area (Å²) < 4.78 is 9.80. The second-order valence-corrected chi connectivity index (χ2v) is 6.33. The lowest BCUT2D eigenvalue weighted by Gasteiger charge is -2.15. The summed E-state index contributed by atoms with van der Waals surface area (Å²) in [4.78, 5) is 24.5. The van der Waals surface area contributed by atoms with Gasteiger partial charge in [0.05, 0.1) is 12.7 Å². The normalized spacial score (nSPS) is 11.2. The number of nitrogens with one attached hydrogen (secondary N) is 1. The van der Waals surface area contributed by atoms with E-state index >= 15 is 0 Å². The quantitative estimate of drug-likeness (QED) is 0.849.